The van der Waals surface area contributed by atoms with E-state index in [1.807, 2.05) is 0 Å². The number of aromatic amines is 1. The minimum absolute atomic E-state index is 0.135. The molecular weight excluding hydrogens is 252 g/mol. The first-order chi connectivity index (χ1) is 8.44. The third-order valence-corrected chi connectivity index (χ3v) is 3.51. The molecule has 0 aliphatic heterocycles. The van der Waals surface area contributed by atoms with E-state index in [9.17, 15) is 8.42 Å². The summed E-state index contributed by atoms with van der Waals surface area (Å²) in [6.45, 7) is 1.79. The number of hydrogen-bond acceptors (Lipinski definition) is 4. The Morgan fingerprint density at radius 3 is 2.78 bits per heavy atom. The summed E-state index contributed by atoms with van der Waals surface area (Å²) in [7, 11) is -3.48. The van der Waals surface area contributed by atoms with Crippen LogP contribution in [0.15, 0.2) is 30.3 Å². The Hall–Kier alpha value is -2.02. The van der Waals surface area contributed by atoms with E-state index in [2.05, 4.69) is 14.9 Å². The number of nitrogens with two attached hydrogens (primary N) is 1. The molecule has 7 heteroatoms. The summed E-state index contributed by atoms with van der Waals surface area (Å²) in [4.78, 5) is 0. The van der Waals surface area contributed by atoms with Gasteiger partial charge in [0.1, 0.15) is 0 Å². The van der Waals surface area contributed by atoms with Crippen LogP contribution in [0.4, 0.5) is 11.5 Å². The van der Waals surface area contributed by atoms with Gasteiger partial charge in [0.2, 0.25) is 10.0 Å². The summed E-state index contributed by atoms with van der Waals surface area (Å²) in [5.41, 5.74) is 7.56. The van der Waals surface area contributed by atoms with Gasteiger partial charge in [-0.15, -0.1) is 0 Å². The second kappa shape index (κ2) is 4.69. The number of aromatic nitrogens is 2. The summed E-state index contributed by atoms with van der Waals surface area (Å²) in [6.07, 6.45) is 0. The van der Waals surface area contributed by atoms with Gasteiger partial charge in [-0.25, -0.2) is 8.42 Å². The van der Waals surface area contributed by atoms with E-state index in [1.54, 1.807) is 37.3 Å². The number of nitrogen functional groups attached to an aromatic ring is 1. The van der Waals surface area contributed by atoms with E-state index < -0.39 is 10.0 Å². The Bertz CT molecular complexity index is 649. The van der Waals surface area contributed by atoms with Gasteiger partial charge in [0.05, 0.1) is 5.75 Å². The number of benzene rings is 1. The predicted molar refractivity (Wildman–Crippen MR) is 70.4 cm³/mol. The summed E-state index contributed by atoms with van der Waals surface area (Å²) < 4.78 is 26.2. The Kier molecular flexibility index (Phi) is 3.24. The molecule has 0 unspecified atom stereocenters. The summed E-state index contributed by atoms with van der Waals surface area (Å²) in [6, 6.07) is 8.40. The monoisotopic (exact) mass is 266 g/mol. The van der Waals surface area contributed by atoms with Gasteiger partial charge < -0.3 is 5.73 Å². The highest BCUT2D eigenvalue weighted by molar-refractivity contribution is 7.91. The molecule has 0 radical (unpaired) electrons. The number of hydrogen-bond donors (Lipinski definition) is 3. The minimum Gasteiger partial charge on any atom is -0.399 e. The molecule has 18 heavy (non-hydrogen) atoms. The van der Waals surface area contributed by atoms with E-state index in [1.165, 1.54) is 0 Å². The van der Waals surface area contributed by atoms with Gasteiger partial charge >= 0.3 is 0 Å². The normalized spacial score (nSPS) is 11.4. The molecule has 4 N–H and O–H groups in total. The zero-order chi connectivity index (χ0) is 13.2. The minimum atomic E-state index is -3.48. The number of nitrogens with one attached hydrogen (secondary N) is 2. The summed E-state index contributed by atoms with van der Waals surface area (Å²) >= 11 is 0. The molecule has 0 atom stereocenters. The van der Waals surface area contributed by atoms with Crippen molar-refractivity contribution in [1.82, 2.24) is 10.2 Å². The highest BCUT2D eigenvalue weighted by Gasteiger charge is 2.13. The quantitative estimate of drug-likeness (QED) is 0.725. The van der Waals surface area contributed by atoms with Crippen molar-refractivity contribution in [1.29, 1.82) is 0 Å². The maximum Gasteiger partial charge on any atom is 0.238 e. The van der Waals surface area contributed by atoms with Crippen molar-refractivity contribution in [2.24, 2.45) is 0 Å². The number of rotatable bonds is 4. The first kappa shape index (κ1) is 12.4. The second-order valence-corrected chi connectivity index (χ2v) is 5.76. The van der Waals surface area contributed by atoms with Gasteiger partial charge in [0, 0.05) is 17.4 Å². The van der Waals surface area contributed by atoms with Crippen LogP contribution >= 0.6 is 0 Å². The standard InChI is InChI=1S/C11H14N4O2S/c1-8-5-11(14-13-8)15-18(16,17)7-9-3-2-4-10(12)6-9/h2-6H,7,12H2,1H3,(H2,13,14,15). The highest BCUT2D eigenvalue weighted by Crippen LogP contribution is 2.13. The van der Waals surface area contributed by atoms with Crippen LogP contribution < -0.4 is 10.5 Å². The first-order valence-corrected chi connectivity index (χ1v) is 6.97. The van der Waals surface area contributed by atoms with Crippen molar-refractivity contribution in [2.45, 2.75) is 12.7 Å². The van der Waals surface area contributed by atoms with Crippen molar-refractivity contribution in [3.63, 3.8) is 0 Å². The highest BCUT2D eigenvalue weighted by atomic mass is 32.2. The van der Waals surface area contributed by atoms with Crippen LogP contribution in [0.25, 0.3) is 0 Å². The molecule has 0 spiro atoms. The molecule has 96 valence electrons. The molecular formula is C11H14N4O2S. The van der Waals surface area contributed by atoms with Crippen molar-refractivity contribution in [3.8, 4) is 0 Å². The molecule has 0 bridgehead atoms. The third kappa shape index (κ3) is 3.24. The lowest BCUT2D eigenvalue weighted by atomic mass is 10.2. The van der Waals surface area contributed by atoms with Gasteiger partial charge in [0.25, 0.3) is 0 Å². The molecule has 1 aromatic carbocycles. The van der Waals surface area contributed by atoms with Crippen LogP contribution in [-0.4, -0.2) is 18.6 Å². The maximum absolute atomic E-state index is 11.9. The van der Waals surface area contributed by atoms with Crippen LogP contribution in [-0.2, 0) is 15.8 Å². The average molecular weight is 266 g/mol. The van der Waals surface area contributed by atoms with Crippen molar-refractivity contribution in [3.05, 3.63) is 41.6 Å². The lowest BCUT2D eigenvalue weighted by Crippen LogP contribution is -2.15. The first-order valence-electron chi connectivity index (χ1n) is 5.31. The smallest absolute Gasteiger partial charge is 0.238 e. The molecule has 0 saturated carbocycles. The van der Waals surface area contributed by atoms with E-state index in [0.717, 1.165) is 5.69 Å². The largest absolute Gasteiger partial charge is 0.399 e. The third-order valence-electron chi connectivity index (χ3n) is 2.27. The molecule has 0 amide bonds. The molecule has 2 rings (SSSR count). The topological polar surface area (TPSA) is 101 Å². The van der Waals surface area contributed by atoms with Crippen molar-refractivity contribution < 1.29 is 8.42 Å². The summed E-state index contributed by atoms with van der Waals surface area (Å²) in [5, 5.41) is 6.49. The molecule has 2 aromatic rings. The second-order valence-electron chi connectivity index (χ2n) is 4.04. The van der Waals surface area contributed by atoms with Gasteiger partial charge in [-0.1, -0.05) is 12.1 Å². The molecule has 6 nitrogen and oxygen atoms in total. The zero-order valence-corrected chi connectivity index (χ0v) is 10.7. The van der Waals surface area contributed by atoms with Crippen LogP contribution in [0.3, 0.4) is 0 Å². The molecule has 1 heterocycles. The van der Waals surface area contributed by atoms with E-state index >= 15 is 0 Å². The molecule has 0 aliphatic carbocycles. The average Bonchev–Trinajstić information content (AvgIpc) is 2.62. The zero-order valence-electron chi connectivity index (χ0n) is 9.84. The Balaban J connectivity index is 2.12. The fourth-order valence-corrected chi connectivity index (χ4v) is 2.68. The maximum atomic E-state index is 11.9. The number of aryl methyl sites for hydroxylation is 1. The lowest BCUT2D eigenvalue weighted by molar-refractivity contribution is 0.600. The number of sulfonamides is 1. The van der Waals surface area contributed by atoms with Crippen molar-refractivity contribution in [2.75, 3.05) is 10.5 Å². The van der Waals surface area contributed by atoms with Gasteiger partial charge in [-0.05, 0) is 24.6 Å². The molecule has 0 saturated heterocycles. The van der Waals surface area contributed by atoms with Crippen LogP contribution in [0.5, 0.6) is 0 Å². The Morgan fingerprint density at radius 1 is 1.39 bits per heavy atom. The van der Waals surface area contributed by atoms with Crippen molar-refractivity contribution >= 4 is 21.5 Å². The van der Waals surface area contributed by atoms with Crippen LogP contribution in [0.1, 0.15) is 11.3 Å². The van der Waals surface area contributed by atoms with E-state index in [0.29, 0.717) is 11.3 Å². The summed E-state index contributed by atoms with van der Waals surface area (Å²) in [5.74, 6) is 0.153. The van der Waals surface area contributed by atoms with Gasteiger partial charge in [-0.3, -0.25) is 9.82 Å². The molecule has 1 aromatic heterocycles. The van der Waals surface area contributed by atoms with Gasteiger partial charge in [0.15, 0.2) is 5.82 Å². The van der Waals surface area contributed by atoms with Crippen LogP contribution in [0, 0.1) is 6.92 Å². The van der Waals surface area contributed by atoms with E-state index in [4.69, 9.17) is 5.73 Å². The Labute approximate surface area is 105 Å². The molecule has 0 fully saturated rings. The SMILES string of the molecule is Cc1cc(NS(=O)(=O)Cc2cccc(N)c2)n[nH]1. The van der Waals surface area contributed by atoms with Gasteiger partial charge in [-0.2, -0.15) is 5.10 Å². The number of anilines is 2. The number of nitrogens with zero attached hydrogens (tertiary/aromatic N) is 1. The Morgan fingerprint density at radius 2 is 2.17 bits per heavy atom. The predicted octanol–water partition coefficient (Wildman–Crippen LogP) is 1.24. The fraction of sp³-hybridized carbons (Fsp3) is 0.182. The molecule has 0 aliphatic rings. The van der Waals surface area contributed by atoms with E-state index in [-0.39, 0.29) is 11.6 Å². The van der Waals surface area contributed by atoms with Crippen LogP contribution in [0.2, 0.25) is 0 Å². The lowest BCUT2D eigenvalue weighted by Gasteiger charge is -2.05. The number of H-pyrrole nitrogens is 1. The fourth-order valence-electron chi connectivity index (χ4n) is 1.57.